The highest BCUT2D eigenvalue weighted by molar-refractivity contribution is 5.90. The van der Waals surface area contributed by atoms with Crippen LogP contribution in [0.2, 0.25) is 0 Å². The van der Waals surface area contributed by atoms with Crippen LogP contribution in [-0.4, -0.2) is 21.9 Å². The minimum absolute atomic E-state index is 0.0390. The quantitative estimate of drug-likeness (QED) is 0.693. The molecule has 0 radical (unpaired) electrons. The van der Waals surface area contributed by atoms with Gasteiger partial charge in [-0.05, 0) is 43.9 Å². The maximum absolute atomic E-state index is 12.4. The number of H-pyrrole nitrogens is 1. The summed E-state index contributed by atoms with van der Waals surface area (Å²) in [5, 5.41) is 2.44. The Balaban J connectivity index is 1.82. The monoisotopic (exact) mass is 328 g/mol. The second kappa shape index (κ2) is 7.29. The lowest BCUT2D eigenvalue weighted by atomic mass is 10.1. The summed E-state index contributed by atoms with van der Waals surface area (Å²) in [7, 11) is 0. The fourth-order valence-corrected chi connectivity index (χ4v) is 2.97. The Morgan fingerprint density at radius 1 is 1.04 bits per heavy atom. The van der Waals surface area contributed by atoms with Crippen LogP contribution in [0, 0.1) is 0 Å². The number of rotatable bonds is 3. The molecule has 1 aromatic carbocycles. The standard InChI is InChI=1S/C18H20N2O4/c21-16-10-11-17(22)20(19-16)14-7-5-6-13(12-14)18(23)24-15-8-3-1-2-4-9-15/h5-7,10-12,15H,1-4,8-9H2,(H,19,21). The zero-order valence-electron chi connectivity index (χ0n) is 13.4. The average Bonchev–Trinajstić information content (AvgIpc) is 2.86. The van der Waals surface area contributed by atoms with Crippen LogP contribution in [0.4, 0.5) is 0 Å². The van der Waals surface area contributed by atoms with E-state index in [0.717, 1.165) is 30.4 Å². The van der Waals surface area contributed by atoms with Crippen LogP contribution >= 0.6 is 0 Å². The van der Waals surface area contributed by atoms with E-state index in [9.17, 15) is 14.4 Å². The van der Waals surface area contributed by atoms with E-state index in [4.69, 9.17) is 4.74 Å². The van der Waals surface area contributed by atoms with Gasteiger partial charge in [0.2, 0.25) is 0 Å². The summed E-state index contributed by atoms with van der Waals surface area (Å²) in [5.41, 5.74) is 0.0336. The molecule has 6 heteroatoms. The number of benzene rings is 1. The lowest BCUT2D eigenvalue weighted by Gasteiger charge is -2.15. The molecule has 0 aliphatic heterocycles. The van der Waals surface area contributed by atoms with Crippen LogP contribution in [0.5, 0.6) is 0 Å². The molecule has 2 aromatic rings. The highest BCUT2D eigenvalue weighted by atomic mass is 16.5. The molecule has 6 nitrogen and oxygen atoms in total. The molecule has 0 atom stereocenters. The van der Waals surface area contributed by atoms with Crippen molar-refractivity contribution in [3.8, 4) is 5.69 Å². The van der Waals surface area contributed by atoms with Gasteiger partial charge in [0.15, 0.2) is 0 Å². The van der Waals surface area contributed by atoms with Crippen molar-refractivity contribution in [3.63, 3.8) is 0 Å². The largest absolute Gasteiger partial charge is 0.459 e. The third-order valence-corrected chi connectivity index (χ3v) is 4.24. The van der Waals surface area contributed by atoms with Crippen molar-refractivity contribution in [3.05, 3.63) is 62.7 Å². The first-order valence-corrected chi connectivity index (χ1v) is 8.27. The SMILES string of the molecule is O=C(OC1CCCCCC1)c1cccc(-n2[nH]c(=O)ccc2=O)c1. The van der Waals surface area contributed by atoms with Crippen molar-refractivity contribution in [1.29, 1.82) is 0 Å². The number of hydrogen-bond donors (Lipinski definition) is 1. The van der Waals surface area contributed by atoms with Crippen LogP contribution in [0.15, 0.2) is 46.0 Å². The van der Waals surface area contributed by atoms with E-state index < -0.39 is 5.97 Å². The fraction of sp³-hybridized carbons (Fsp3) is 0.389. The maximum Gasteiger partial charge on any atom is 0.338 e. The molecule has 0 spiro atoms. The number of esters is 1. The molecule has 126 valence electrons. The van der Waals surface area contributed by atoms with Crippen molar-refractivity contribution in [1.82, 2.24) is 9.78 Å². The van der Waals surface area contributed by atoms with Gasteiger partial charge < -0.3 is 4.74 Å². The summed E-state index contributed by atoms with van der Waals surface area (Å²) >= 11 is 0. The lowest BCUT2D eigenvalue weighted by Crippen LogP contribution is -2.26. The third-order valence-electron chi connectivity index (χ3n) is 4.24. The predicted molar refractivity (Wildman–Crippen MR) is 89.6 cm³/mol. The molecule has 1 aliphatic rings. The third kappa shape index (κ3) is 3.82. The molecule has 1 aliphatic carbocycles. The normalized spacial score (nSPS) is 15.7. The van der Waals surface area contributed by atoms with E-state index in [1.54, 1.807) is 24.3 Å². The van der Waals surface area contributed by atoms with Gasteiger partial charge in [-0.25, -0.2) is 9.48 Å². The molecule has 3 rings (SSSR count). The van der Waals surface area contributed by atoms with E-state index in [-0.39, 0.29) is 17.2 Å². The molecular formula is C18H20N2O4. The minimum Gasteiger partial charge on any atom is -0.459 e. The number of hydrogen-bond acceptors (Lipinski definition) is 4. The first-order valence-electron chi connectivity index (χ1n) is 8.27. The Bertz CT molecular complexity index is 829. The van der Waals surface area contributed by atoms with E-state index in [2.05, 4.69) is 5.10 Å². The summed E-state index contributed by atoms with van der Waals surface area (Å²) in [6, 6.07) is 8.87. The molecule has 0 unspecified atom stereocenters. The zero-order chi connectivity index (χ0) is 16.9. The zero-order valence-corrected chi connectivity index (χ0v) is 13.4. The molecule has 24 heavy (non-hydrogen) atoms. The van der Waals surface area contributed by atoms with E-state index in [1.807, 2.05) is 0 Å². The number of carbonyl (C=O) groups excluding carboxylic acids is 1. The molecule has 1 heterocycles. The Morgan fingerprint density at radius 3 is 2.54 bits per heavy atom. The Labute approximate surface area is 139 Å². The van der Waals surface area contributed by atoms with E-state index in [0.29, 0.717) is 11.3 Å². The maximum atomic E-state index is 12.4. The molecular weight excluding hydrogens is 308 g/mol. The van der Waals surface area contributed by atoms with Gasteiger partial charge in [-0.1, -0.05) is 18.9 Å². The van der Waals surface area contributed by atoms with Gasteiger partial charge in [0.05, 0.1) is 11.3 Å². The molecule has 0 bridgehead atoms. The van der Waals surface area contributed by atoms with Crippen molar-refractivity contribution in [2.75, 3.05) is 0 Å². The molecule has 0 saturated heterocycles. The molecule has 0 amide bonds. The second-order valence-electron chi connectivity index (χ2n) is 6.05. The topological polar surface area (TPSA) is 81.2 Å². The second-order valence-corrected chi connectivity index (χ2v) is 6.05. The van der Waals surface area contributed by atoms with Crippen LogP contribution in [0.25, 0.3) is 5.69 Å². The van der Waals surface area contributed by atoms with Crippen molar-refractivity contribution in [2.24, 2.45) is 0 Å². The van der Waals surface area contributed by atoms with Crippen LogP contribution < -0.4 is 11.1 Å². The van der Waals surface area contributed by atoms with E-state index >= 15 is 0 Å². The van der Waals surface area contributed by atoms with Crippen LogP contribution in [0.1, 0.15) is 48.9 Å². The van der Waals surface area contributed by atoms with Crippen molar-refractivity contribution >= 4 is 5.97 Å². The lowest BCUT2D eigenvalue weighted by molar-refractivity contribution is 0.0267. The number of ether oxygens (including phenoxy) is 1. The van der Waals surface area contributed by atoms with Gasteiger partial charge in [-0.3, -0.25) is 14.7 Å². The Morgan fingerprint density at radius 2 is 1.79 bits per heavy atom. The number of aromatic nitrogens is 2. The summed E-state index contributed by atoms with van der Waals surface area (Å²) in [4.78, 5) is 35.7. The fourth-order valence-electron chi connectivity index (χ4n) is 2.97. The molecule has 1 fully saturated rings. The van der Waals surface area contributed by atoms with Gasteiger partial charge in [0.25, 0.3) is 11.1 Å². The van der Waals surface area contributed by atoms with Crippen LogP contribution in [0.3, 0.4) is 0 Å². The summed E-state index contributed by atoms with van der Waals surface area (Å²) in [6.07, 6.45) is 6.30. The Kier molecular flexibility index (Phi) is 4.93. The highest BCUT2D eigenvalue weighted by Crippen LogP contribution is 2.21. The molecule has 1 saturated carbocycles. The highest BCUT2D eigenvalue weighted by Gasteiger charge is 2.18. The smallest absolute Gasteiger partial charge is 0.338 e. The summed E-state index contributed by atoms with van der Waals surface area (Å²) in [6.45, 7) is 0. The first kappa shape index (κ1) is 16.2. The predicted octanol–water partition coefficient (Wildman–Crippen LogP) is 2.41. The summed E-state index contributed by atoms with van der Waals surface area (Å²) < 4.78 is 6.72. The minimum atomic E-state index is -0.393. The van der Waals surface area contributed by atoms with Crippen molar-refractivity contribution < 1.29 is 9.53 Å². The number of nitrogens with one attached hydrogen (secondary N) is 1. The van der Waals surface area contributed by atoms with Gasteiger partial charge >= 0.3 is 5.97 Å². The summed E-state index contributed by atoms with van der Waals surface area (Å²) in [5.74, 6) is -0.393. The first-order chi connectivity index (χ1) is 11.6. The van der Waals surface area contributed by atoms with Gasteiger partial charge in [-0.2, -0.15) is 0 Å². The van der Waals surface area contributed by atoms with Gasteiger partial charge in [-0.15, -0.1) is 0 Å². The van der Waals surface area contributed by atoms with Crippen LogP contribution in [-0.2, 0) is 4.74 Å². The van der Waals surface area contributed by atoms with Gasteiger partial charge in [0, 0.05) is 12.1 Å². The molecule has 1 aromatic heterocycles. The molecule has 1 N–H and O–H groups in total. The Hall–Kier alpha value is -2.63. The number of nitrogens with zero attached hydrogens (tertiary/aromatic N) is 1. The van der Waals surface area contributed by atoms with Crippen molar-refractivity contribution in [2.45, 2.75) is 44.6 Å². The van der Waals surface area contributed by atoms with Gasteiger partial charge in [0.1, 0.15) is 6.10 Å². The number of carbonyl (C=O) groups is 1. The van der Waals surface area contributed by atoms with E-state index in [1.165, 1.54) is 25.0 Å². The average molecular weight is 328 g/mol. The number of aromatic amines is 1.